The summed E-state index contributed by atoms with van der Waals surface area (Å²) in [5.74, 6) is 0.178. The molecule has 2 rings (SSSR count). The van der Waals surface area contributed by atoms with Gasteiger partial charge in [-0.25, -0.2) is 4.39 Å². The molecule has 94 valence electrons. The van der Waals surface area contributed by atoms with Crippen LogP contribution in [0.1, 0.15) is 31.2 Å². The fraction of sp³-hybridized carbons (Fsp3) is 0.538. The summed E-state index contributed by atoms with van der Waals surface area (Å²) in [4.78, 5) is 0. The van der Waals surface area contributed by atoms with Crippen LogP contribution in [-0.2, 0) is 5.41 Å². The summed E-state index contributed by atoms with van der Waals surface area (Å²) in [6.45, 7) is 0.431. The third-order valence-corrected chi connectivity index (χ3v) is 4.05. The normalized spacial score (nSPS) is 18.4. The highest BCUT2D eigenvalue weighted by atomic mass is 35.5. The molecule has 17 heavy (non-hydrogen) atoms. The van der Waals surface area contributed by atoms with Crippen LogP contribution in [0.4, 0.5) is 4.39 Å². The Balaban J connectivity index is 2.59. The van der Waals surface area contributed by atoms with E-state index in [1.807, 2.05) is 0 Å². The van der Waals surface area contributed by atoms with Crippen LogP contribution in [-0.4, -0.2) is 13.7 Å². The van der Waals surface area contributed by atoms with Crippen LogP contribution in [0.3, 0.4) is 0 Å². The average Bonchev–Trinajstić information content (AvgIpc) is 2.82. The SMILES string of the molecule is COc1ccc(Cl)c(F)c1C1(CN)CCCC1. The standard InChI is InChI=1S/C13H17ClFNO/c1-17-10-5-4-9(14)12(15)11(10)13(8-16)6-2-3-7-13/h4-5H,2-3,6-8,16H2,1H3. The van der Waals surface area contributed by atoms with Gasteiger partial charge in [-0.3, -0.25) is 0 Å². The van der Waals surface area contributed by atoms with Gasteiger partial charge in [0.1, 0.15) is 11.6 Å². The maximum Gasteiger partial charge on any atom is 0.149 e. The van der Waals surface area contributed by atoms with Crippen molar-refractivity contribution in [2.24, 2.45) is 5.73 Å². The molecule has 0 radical (unpaired) electrons. The summed E-state index contributed by atoms with van der Waals surface area (Å²) < 4.78 is 19.5. The van der Waals surface area contributed by atoms with Gasteiger partial charge in [0.05, 0.1) is 12.1 Å². The Morgan fingerprint density at radius 1 is 1.41 bits per heavy atom. The molecule has 0 bridgehead atoms. The molecule has 0 atom stereocenters. The molecule has 0 heterocycles. The highest BCUT2D eigenvalue weighted by Gasteiger charge is 2.39. The Labute approximate surface area is 106 Å². The predicted octanol–water partition coefficient (Wildman–Crippen LogP) is 3.26. The van der Waals surface area contributed by atoms with Crippen molar-refractivity contribution in [1.29, 1.82) is 0 Å². The van der Waals surface area contributed by atoms with Gasteiger partial charge in [-0.1, -0.05) is 24.4 Å². The number of halogens is 2. The third kappa shape index (κ3) is 2.02. The van der Waals surface area contributed by atoms with E-state index in [1.165, 1.54) is 6.07 Å². The molecule has 4 heteroatoms. The molecular formula is C13H17ClFNO. The third-order valence-electron chi connectivity index (χ3n) is 3.76. The lowest BCUT2D eigenvalue weighted by Crippen LogP contribution is -2.33. The Hall–Kier alpha value is -0.800. The number of hydrogen-bond acceptors (Lipinski definition) is 2. The Morgan fingerprint density at radius 2 is 2.06 bits per heavy atom. The Morgan fingerprint density at radius 3 is 2.59 bits per heavy atom. The zero-order chi connectivity index (χ0) is 12.5. The van der Waals surface area contributed by atoms with Crippen LogP contribution in [0.15, 0.2) is 12.1 Å². The van der Waals surface area contributed by atoms with Crippen LogP contribution in [0.5, 0.6) is 5.75 Å². The van der Waals surface area contributed by atoms with Crippen molar-refractivity contribution in [3.8, 4) is 5.75 Å². The van der Waals surface area contributed by atoms with E-state index in [0.717, 1.165) is 25.7 Å². The maximum atomic E-state index is 14.3. The highest BCUT2D eigenvalue weighted by Crippen LogP contribution is 2.46. The van der Waals surface area contributed by atoms with Crippen LogP contribution in [0, 0.1) is 5.82 Å². The van der Waals surface area contributed by atoms with Gasteiger partial charge >= 0.3 is 0 Å². The first-order chi connectivity index (χ1) is 8.14. The van der Waals surface area contributed by atoms with Gasteiger partial charge in [0.15, 0.2) is 0 Å². The first-order valence-corrected chi connectivity index (χ1v) is 6.25. The van der Waals surface area contributed by atoms with Gasteiger partial charge in [0.25, 0.3) is 0 Å². The Kier molecular flexibility index (Phi) is 3.59. The summed E-state index contributed by atoms with van der Waals surface area (Å²) in [5, 5.41) is 0.139. The lowest BCUT2D eigenvalue weighted by molar-refractivity contribution is 0.364. The van der Waals surface area contributed by atoms with Gasteiger partial charge in [0, 0.05) is 17.5 Å². The second-order valence-electron chi connectivity index (χ2n) is 4.63. The minimum absolute atomic E-state index is 0.139. The zero-order valence-corrected chi connectivity index (χ0v) is 10.7. The highest BCUT2D eigenvalue weighted by molar-refractivity contribution is 6.30. The summed E-state index contributed by atoms with van der Waals surface area (Å²) in [6, 6.07) is 3.24. The average molecular weight is 258 g/mol. The fourth-order valence-electron chi connectivity index (χ4n) is 2.81. The van der Waals surface area contributed by atoms with Gasteiger partial charge in [-0.05, 0) is 25.0 Å². The number of benzene rings is 1. The van der Waals surface area contributed by atoms with Gasteiger partial charge in [-0.2, -0.15) is 0 Å². The summed E-state index contributed by atoms with van der Waals surface area (Å²) in [6.07, 6.45) is 3.95. The lowest BCUT2D eigenvalue weighted by atomic mass is 9.78. The molecule has 2 N–H and O–H groups in total. The van der Waals surface area contributed by atoms with Crippen molar-refractivity contribution in [1.82, 2.24) is 0 Å². The van der Waals surface area contributed by atoms with E-state index in [9.17, 15) is 4.39 Å². The number of ether oxygens (including phenoxy) is 1. The number of hydrogen-bond donors (Lipinski definition) is 1. The molecule has 1 saturated carbocycles. The fourth-order valence-corrected chi connectivity index (χ4v) is 2.96. The van der Waals surface area contributed by atoms with Crippen LogP contribution >= 0.6 is 11.6 Å². The molecule has 1 aromatic rings. The maximum absolute atomic E-state index is 14.3. The first-order valence-electron chi connectivity index (χ1n) is 5.87. The first kappa shape index (κ1) is 12.7. The molecule has 2 nitrogen and oxygen atoms in total. The van der Waals surface area contributed by atoms with Gasteiger partial charge < -0.3 is 10.5 Å². The molecule has 1 fully saturated rings. The van der Waals surface area contributed by atoms with Gasteiger partial charge in [0.2, 0.25) is 0 Å². The smallest absolute Gasteiger partial charge is 0.149 e. The zero-order valence-electron chi connectivity index (χ0n) is 9.93. The van der Waals surface area contributed by atoms with Crippen LogP contribution in [0.25, 0.3) is 0 Å². The van der Waals surface area contributed by atoms with E-state index in [1.54, 1.807) is 13.2 Å². The molecule has 0 amide bonds. The van der Waals surface area contributed by atoms with E-state index >= 15 is 0 Å². The van der Waals surface area contributed by atoms with Crippen molar-refractivity contribution in [3.63, 3.8) is 0 Å². The van der Waals surface area contributed by atoms with Crippen LogP contribution in [0.2, 0.25) is 5.02 Å². The minimum Gasteiger partial charge on any atom is -0.496 e. The predicted molar refractivity (Wildman–Crippen MR) is 67.2 cm³/mol. The molecule has 0 saturated heterocycles. The summed E-state index contributed by atoms with van der Waals surface area (Å²) in [5.41, 5.74) is 6.14. The minimum atomic E-state index is -0.377. The van der Waals surface area contributed by atoms with Crippen molar-refractivity contribution in [2.75, 3.05) is 13.7 Å². The topological polar surface area (TPSA) is 35.2 Å². The van der Waals surface area contributed by atoms with E-state index in [4.69, 9.17) is 22.1 Å². The molecule has 1 aromatic carbocycles. The molecule has 0 spiro atoms. The summed E-state index contributed by atoms with van der Waals surface area (Å²) >= 11 is 5.87. The van der Waals surface area contributed by atoms with Crippen molar-refractivity contribution < 1.29 is 9.13 Å². The summed E-state index contributed by atoms with van der Waals surface area (Å²) in [7, 11) is 1.55. The molecule has 1 aliphatic rings. The molecule has 0 aromatic heterocycles. The van der Waals surface area contributed by atoms with E-state index in [0.29, 0.717) is 17.9 Å². The number of nitrogens with two attached hydrogens (primary N) is 1. The largest absolute Gasteiger partial charge is 0.496 e. The van der Waals surface area contributed by atoms with E-state index < -0.39 is 0 Å². The molecule has 0 aliphatic heterocycles. The lowest BCUT2D eigenvalue weighted by Gasteiger charge is -2.30. The van der Waals surface area contributed by atoms with Crippen LogP contribution < -0.4 is 10.5 Å². The van der Waals surface area contributed by atoms with E-state index in [-0.39, 0.29) is 16.3 Å². The molecule has 0 unspecified atom stereocenters. The monoisotopic (exact) mass is 257 g/mol. The number of methoxy groups -OCH3 is 1. The Bertz CT molecular complexity index is 416. The van der Waals surface area contributed by atoms with Gasteiger partial charge in [-0.15, -0.1) is 0 Å². The quantitative estimate of drug-likeness (QED) is 0.902. The molecular weight excluding hydrogens is 241 g/mol. The second-order valence-corrected chi connectivity index (χ2v) is 5.04. The van der Waals surface area contributed by atoms with Crippen molar-refractivity contribution >= 4 is 11.6 Å². The molecule has 1 aliphatic carbocycles. The van der Waals surface area contributed by atoms with Crippen molar-refractivity contribution in [3.05, 3.63) is 28.5 Å². The second kappa shape index (κ2) is 4.83. The van der Waals surface area contributed by atoms with Crippen molar-refractivity contribution in [2.45, 2.75) is 31.1 Å². The van der Waals surface area contributed by atoms with E-state index in [2.05, 4.69) is 0 Å². The number of rotatable bonds is 3.